The second-order valence-corrected chi connectivity index (χ2v) is 16.6. The van der Waals surface area contributed by atoms with E-state index >= 15 is 0 Å². The van der Waals surface area contributed by atoms with Crippen molar-refractivity contribution in [1.29, 1.82) is 0 Å². The molecule has 0 aliphatic rings. The summed E-state index contributed by atoms with van der Waals surface area (Å²) in [6.45, 7) is 4.99. The van der Waals surface area contributed by atoms with Gasteiger partial charge in [-0.25, -0.2) is 4.79 Å². The molecule has 16 N–H and O–H groups in total. The van der Waals surface area contributed by atoms with Crippen LogP contribution in [0.3, 0.4) is 0 Å². The lowest BCUT2D eigenvalue weighted by atomic mass is 10.0. The Morgan fingerprint density at radius 3 is 1.46 bits per heavy atom. The van der Waals surface area contributed by atoms with Gasteiger partial charge in [0.15, 0.2) is 0 Å². The van der Waals surface area contributed by atoms with E-state index in [1.165, 1.54) is 37.4 Å². The summed E-state index contributed by atoms with van der Waals surface area (Å²) in [5.41, 5.74) is 16.2. The number of carboxylic acid groups (broad SMARTS) is 1. The van der Waals surface area contributed by atoms with Crippen LogP contribution in [-0.4, -0.2) is 160 Å². The van der Waals surface area contributed by atoms with Gasteiger partial charge in [0, 0.05) is 12.8 Å². The number of hydrogen-bond acceptors (Lipinski definition) is 15. The molecule has 0 aliphatic carbocycles. The number of aliphatic hydroxyl groups is 2. The SMILES string of the molecule is CSCC[C@H](NC(=O)[C@H](CC(C)C)NC(=O)[C@@H](NC(=O)[C@H](CCC(N)=O)NC(=O)[C@H](C)NC(=O)[C@@H](N)CCSC)[C@@H](C)O)C(=O)N[C@@H](CO)C(=O)N[C@@H](CCC(N)=O)C(=O)O. The first-order chi connectivity index (χ1) is 28.5. The van der Waals surface area contributed by atoms with E-state index in [1.54, 1.807) is 20.1 Å². The van der Waals surface area contributed by atoms with Crippen LogP contribution in [0.1, 0.15) is 72.6 Å². The molecule has 0 aromatic heterocycles. The molecule has 0 rings (SSSR count). The standard InChI is InChI=1S/C36H64N10O13S2/c1-17(2)15-24(33(55)42-22(12-14-61-6)31(53)45-25(16-47)34(56)43-23(36(58)59)8-10-27(39)50)44-35(57)28(19(4)48)46-32(54)21(7-9-26(38)49)41-29(51)18(3)40-30(52)20(37)11-13-60-5/h17-25,28,47-48H,7-16,37H2,1-6H3,(H2,38,49)(H2,39,50)(H,40,52)(H,41,51)(H,42,55)(H,43,56)(H,44,57)(H,45,53)(H,46,54)(H,58,59)/t18-,19+,20-,21-,22-,23-,24-,25-,28-/m0/s1. The molecule has 348 valence electrons. The second-order valence-electron chi connectivity index (χ2n) is 14.6. The number of primary amides is 2. The third kappa shape index (κ3) is 22.6. The lowest BCUT2D eigenvalue weighted by molar-refractivity contribution is -0.143. The van der Waals surface area contributed by atoms with Gasteiger partial charge in [-0.05, 0) is 75.9 Å². The average Bonchev–Trinajstić information content (AvgIpc) is 3.17. The van der Waals surface area contributed by atoms with Crippen molar-refractivity contribution in [3.05, 3.63) is 0 Å². The number of thioether (sulfide) groups is 2. The molecule has 0 unspecified atom stereocenters. The third-order valence-electron chi connectivity index (χ3n) is 8.79. The fraction of sp³-hybridized carbons (Fsp3) is 0.722. The van der Waals surface area contributed by atoms with Crippen LogP contribution in [0.2, 0.25) is 0 Å². The van der Waals surface area contributed by atoms with Crippen molar-refractivity contribution < 1.29 is 63.3 Å². The van der Waals surface area contributed by atoms with E-state index in [-0.39, 0.29) is 44.4 Å². The Morgan fingerprint density at radius 1 is 0.541 bits per heavy atom. The molecule has 0 bridgehead atoms. The minimum Gasteiger partial charge on any atom is -0.480 e. The van der Waals surface area contributed by atoms with Crippen LogP contribution >= 0.6 is 23.5 Å². The molecule has 0 spiro atoms. The van der Waals surface area contributed by atoms with E-state index in [9.17, 15) is 63.3 Å². The third-order valence-corrected chi connectivity index (χ3v) is 10.1. The van der Waals surface area contributed by atoms with E-state index in [0.717, 1.165) is 0 Å². The van der Waals surface area contributed by atoms with Crippen LogP contribution in [0, 0.1) is 5.92 Å². The van der Waals surface area contributed by atoms with Gasteiger partial charge in [0.05, 0.1) is 18.8 Å². The first-order valence-corrected chi connectivity index (χ1v) is 22.2. The number of nitrogens with two attached hydrogens (primary N) is 3. The van der Waals surface area contributed by atoms with Gasteiger partial charge < -0.3 is 69.7 Å². The van der Waals surface area contributed by atoms with Gasteiger partial charge in [-0.15, -0.1) is 0 Å². The summed E-state index contributed by atoms with van der Waals surface area (Å²) in [4.78, 5) is 127. The van der Waals surface area contributed by atoms with Gasteiger partial charge in [-0.1, -0.05) is 13.8 Å². The number of aliphatic carboxylic acids is 1. The molecule has 9 atom stereocenters. The number of carboxylic acids is 1. The quantitative estimate of drug-likeness (QED) is 0.0311. The summed E-state index contributed by atoms with van der Waals surface area (Å²) in [6.07, 6.45) is 0.845. The van der Waals surface area contributed by atoms with Gasteiger partial charge in [0.1, 0.15) is 42.3 Å². The summed E-state index contributed by atoms with van der Waals surface area (Å²) in [5.74, 6) is -8.90. The van der Waals surface area contributed by atoms with E-state index < -0.39 is 120 Å². The van der Waals surface area contributed by atoms with Crippen molar-refractivity contribution in [1.82, 2.24) is 37.2 Å². The molecule has 9 amide bonds. The molecule has 0 aliphatic heterocycles. The van der Waals surface area contributed by atoms with Gasteiger partial charge in [0.25, 0.3) is 0 Å². The largest absolute Gasteiger partial charge is 0.480 e. The second kappa shape index (κ2) is 29.5. The van der Waals surface area contributed by atoms with Gasteiger partial charge in [-0.2, -0.15) is 23.5 Å². The Balaban J connectivity index is 6.17. The van der Waals surface area contributed by atoms with Crippen LogP contribution in [0.25, 0.3) is 0 Å². The van der Waals surface area contributed by atoms with Crippen LogP contribution in [0.4, 0.5) is 0 Å². The molecular formula is C36H64N10O13S2. The molecular weight excluding hydrogens is 845 g/mol. The summed E-state index contributed by atoms with van der Waals surface area (Å²) < 4.78 is 0. The number of aliphatic hydroxyl groups excluding tert-OH is 2. The zero-order chi connectivity index (χ0) is 47.0. The van der Waals surface area contributed by atoms with Crippen LogP contribution in [0.5, 0.6) is 0 Å². The predicted molar refractivity (Wildman–Crippen MR) is 226 cm³/mol. The topological polar surface area (TPSA) is 394 Å². The number of hydrogen-bond donors (Lipinski definition) is 13. The Bertz CT molecular complexity index is 1520. The highest BCUT2D eigenvalue weighted by atomic mass is 32.2. The lowest BCUT2D eigenvalue weighted by Gasteiger charge is -2.29. The van der Waals surface area contributed by atoms with Crippen molar-refractivity contribution >= 4 is 82.7 Å². The van der Waals surface area contributed by atoms with Crippen molar-refractivity contribution in [3.63, 3.8) is 0 Å². The number of rotatable bonds is 31. The highest BCUT2D eigenvalue weighted by Gasteiger charge is 2.35. The first kappa shape index (κ1) is 56.3. The van der Waals surface area contributed by atoms with E-state index in [1.807, 2.05) is 6.26 Å². The number of nitrogens with one attached hydrogen (secondary N) is 7. The molecule has 0 fully saturated rings. The molecule has 0 heterocycles. The van der Waals surface area contributed by atoms with Gasteiger partial charge >= 0.3 is 5.97 Å². The van der Waals surface area contributed by atoms with Crippen molar-refractivity contribution in [3.8, 4) is 0 Å². The summed E-state index contributed by atoms with van der Waals surface area (Å²) in [7, 11) is 0. The molecule has 61 heavy (non-hydrogen) atoms. The molecule has 0 saturated carbocycles. The summed E-state index contributed by atoms with van der Waals surface area (Å²) in [6, 6.07) is -11.3. The predicted octanol–water partition coefficient (Wildman–Crippen LogP) is -4.73. The number of amides is 9. The minimum absolute atomic E-state index is 0.00486. The Hall–Kier alpha value is -4.72. The maximum Gasteiger partial charge on any atom is 0.326 e. The van der Waals surface area contributed by atoms with Gasteiger partial charge in [0.2, 0.25) is 53.2 Å². The Kier molecular flexibility index (Phi) is 27.2. The smallest absolute Gasteiger partial charge is 0.326 e. The molecule has 0 saturated heterocycles. The molecule has 0 radical (unpaired) electrons. The maximum absolute atomic E-state index is 13.7. The van der Waals surface area contributed by atoms with E-state index in [4.69, 9.17) is 17.2 Å². The maximum atomic E-state index is 13.7. The highest BCUT2D eigenvalue weighted by Crippen LogP contribution is 2.10. The first-order valence-electron chi connectivity index (χ1n) is 19.4. The summed E-state index contributed by atoms with van der Waals surface area (Å²) >= 11 is 2.79. The minimum atomic E-state index is -1.73. The normalized spacial score (nSPS) is 15.5. The zero-order valence-electron chi connectivity index (χ0n) is 35.3. The Morgan fingerprint density at radius 2 is 0.967 bits per heavy atom. The van der Waals surface area contributed by atoms with Crippen molar-refractivity contribution in [2.24, 2.45) is 23.1 Å². The molecule has 23 nitrogen and oxygen atoms in total. The van der Waals surface area contributed by atoms with E-state index in [2.05, 4.69) is 37.2 Å². The molecule has 0 aromatic rings. The molecule has 25 heteroatoms. The van der Waals surface area contributed by atoms with Crippen LogP contribution in [-0.2, 0) is 47.9 Å². The van der Waals surface area contributed by atoms with E-state index in [0.29, 0.717) is 17.9 Å². The summed E-state index contributed by atoms with van der Waals surface area (Å²) in [5, 5.41) is 46.5. The van der Waals surface area contributed by atoms with Crippen LogP contribution < -0.4 is 54.4 Å². The average molecular weight is 909 g/mol. The number of carbonyl (C=O) groups excluding carboxylic acids is 9. The highest BCUT2D eigenvalue weighted by molar-refractivity contribution is 7.98. The van der Waals surface area contributed by atoms with Gasteiger partial charge in [-0.3, -0.25) is 43.2 Å². The Labute approximate surface area is 363 Å². The van der Waals surface area contributed by atoms with Crippen LogP contribution in [0.15, 0.2) is 0 Å². The fourth-order valence-corrected chi connectivity index (χ4v) is 6.26. The monoisotopic (exact) mass is 908 g/mol. The molecule has 0 aromatic carbocycles. The fourth-order valence-electron chi connectivity index (χ4n) is 5.30. The zero-order valence-corrected chi connectivity index (χ0v) is 37.0. The number of carbonyl (C=O) groups is 10. The lowest BCUT2D eigenvalue weighted by Crippen LogP contribution is -2.62. The van der Waals surface area contributed by atoms with Crippen molar-refractivity contribution in [2.45, 2.75) is 127 Å². The van der Waals surface area contributed by atoms with Crippen molar-refractivity contribution in [2.75, 3.05) is 30.6 Å².